The molecule has 0 radical (unpaired) electrons. The highest BCUT2D eigenvalue weighted by molar-refractivity contribution is 7.99. The second kappa shape index (κ2) is 9.90. The summed E-state index contributed by atoms with van der Waals surface area (Å²) in [6.45, 7) is 0.671. The molecule has 0 atom stereocenters. The summed E-state index contributed by atoms with van der Waals surface area (Å²) in [4.78, 5) is 0. The Bertz CT molecular complexity index is 1070. The summed E-state index contributed by atoms with van der Waals surface area (Å²) in [5.41, 5.74) is 1.18. The monoisotopic (exact) mass is 419 g/mol. The highest BCUT2D eigenvalue weighted by atomic mass is 31.2. The van der Waals surface area contributed by atoms with Crippen molar-refractivity contribution in [2.45, 2.75) is 6.54 Å². The fourth-order valence-corrected chi connectivity index (χ4v) is 7.91. The zero-order chi connectivity index (χ0) is 21.4. The number of nitrogens with zero attached hydrogens (tertiary/aromatic N) is 1. The molecule has 0 unspecified atom stereocenters. The van der Waals surface area contributed by atoms with Crippen LogP contribution >= 0.6 is 7.26 Å². The van der Waals surface area contributed by atoms with Gasteiger partial charge in [0.25, 0.3) is 0 Å². The normalized spacial score (nSPS) is 11.5. The molecule has 4 aromatic carbocycles. The Morgan fingerprint density at radius 3 is 1.42 bits per heavy atom. The fraction of sp³-hybridized carbons (Fsp3) is 0.0357. The van der Waals surface area contributed by atoms with Crippen LogP contribution in [0.5, 0.6) is 0 Å². The molecular formula is C28H24N2P+. The van der Waals surface area contributed by atoms with E-state index in [0.717, 1.165) is 5.31 Å². The molecule has 4 rings (SSSR count). The summed E-state index contributed by atoms with van der Waals surface area (Å²) in [6, 6.07) is 44.1. The van der Waals surface area contributed by atoms with Crippen molar-refractivity contribution in [1.29, 1.82) is 5.26 Å². The number of hydrogen-bond acceptors (Lipinski definition) is 2. The highest BCUT2D eigenvalue weighted by Crippen LogP contribution is 2.61. The van der Waals surface area contributed by atoms with Crippen molar-refractivity contribution in [3.63, 3.8) is 0 Å². The lowest BCUT2D eigenvalue weighted by Gasteiger charge is -2.26. The number of nitriles is 1. The topological polar surface area (TPSA) is 35.8 Å². The molecular weight excluding hydrogens is 395 g/mol. The lowest BCUT2D eigenvalue weighted by molar-refractivity contribution is 0.868. The van der Waals surface area contributed by atoms with Crippen molar-refractivity contribution in [3.8, 4) is 6.07 Å². The molecule has 3 heteroatoms. The maximum atomic E-state index is 10.4. The number of rotatable bonds is 7. The van der Waals surface area contributed by atoms with Crippen LogP contribution in [0.4, 0.5) is 0 Å². The zero-order valence-corrected chi connectivity index (χ0v) is 18.1. The standard InChI is InChI=1S/C28H24N2P/c29-21-28(23-30-22-24-13-5-1-6-14-24)31(25-15-7-2-8-16-25,26-17-9-3-10-18-26)27-19-11-4-12-20-27/h1-20,23,30H,22H2/q+1/b28-23-. The third-order valence-corrected chi connectivity index (χ3v) is 9.46. The van der Waals surface area contributed by atoms with Gasteiger partial charge in [-0.1, -0.05) is 84.9 Å². The van der Waals surface area contributed by atoms with Crippen molar-refractivity contribution in [2.24, 2.45) is 0 Å². The van der Waals surface area contributed by atoms with E-state index >= 15 is 0 Å². The molecule has 0 fully saturated rings. The van der Waals surface area contributed by atoms with Crippen LogP contribution in [0.2, 0.25) is 0 Å². The van der Waals surface area contributed by atoms with E-state index < -0.39 is 7.26 Å². The minimum atomic E-state index is -2.35. The molecule has 1 N–H and O–H groups in total. The largest absolute Gasteiger partial charge is 0.383 e. The van der Waals surface area contributed by atoms with Crippen LogP contribution in [0.25, 0.3) is 0 Å². The second-order valence-corrected chi connectivity index (χ2v) is 10.6. The molecule has 0 saturated carbocycles. The van der Waals surface area contributed by atoms with Crippen LogP contribution in [-0.2, 0) is 6.54 Å². The molecule has 4 aromatic rings. The van der Waals surface area contributed by atoms with Crippen molar-refractivity contribution >= 4 is 23.2 Å². The number of nitrogens with one attached hydrogen (secondary N) is 1. The van der Waals surface area contributed by atoms with E-state index in [-0.39, 0.29) is 0 Å². The zero-order valence-electron chi connectivity index (χ0n) is 17.2. The Labute approximate surface area is 184 Å². The summed E-state index contributed by atoms with van der Waals surface area (Å²) in [5.74, 6) is 0. The first kappa shape index (κ1) is 20.6. The molecule has 0 aliphatic heterocycles. The maximum absolute atomic E-state index is 10.4. The quantitative estimate of drug-likeness (QED) is 0.333. The average molecular weight is 419 g/mol. The van der Waals surface area contributed by atoms with Gasteiger partial charge in [0, 0.05) is 6.54 Å². The molecule has 0 heterocycles. The van der Waals surface area contributed by atoms with E-state index in [1.54, 1.807) is 0 Å². The number of hydrogen-bond donors (Lipinski definition) is 1. The Hall–Kier alpha value is -3.66. The molecule has 0 aliphatic rings. The lowest BCUT2D eigenvalue weighted by atomic mass is 10.2. The minimum Gasteiger partial charge on any atom is -0.383 e. The highest BCUT2D eigenvalue weighted by Gasteiger charge is 2.50. The molecule has 0 spiro atoms. The summed E-state index contributed by atoms with van der Waals surface area (Å²) in [5, 5.41) is 18.1. The smallest absolute Gasteiger partial charge is 0.201 e. The van der Waals surface area contributed by atoms with E-state index in [4.69, 9.17) is 0 Å². The molecule has 31 heavy (non-hydrogen) atoms. The first-order chi connectivity index (χ1) is 15.4. The van der Waals surface area contributed by atoms with Crippen molar-refractivity contribution in [1.82, 2.24) is 5.32 Å². The van der Waals surface area contributed by atoms with E-state index in [1.165, 1.54) is 21.5 Å². The van der Waals surface area contributed by atoms with Crippen molar-refractivity contribution in [2.75, 3.05) is 0 Å². The molecule has 150 valence electrons. The van der Waals surface area contributed by atoms with Gasteiger partial charge in [0.05, 0.1) is 6.20 Å². The number of allylic oxidation sites excluding steroid dienone is 1. The van der Waals surface area contributed by atoms with E-state index in [9.17, 15) is 5.26 Å². The maximum Gasteiger partial charge on any atom is 0.201 e. The van der Waals surface area contributed by atoms with Crippen LogP contribution in [0, 0.1) is 11.3 Å². The van der Waals surface area contributed by atoms with Crippen LogP contribution in [0.3, 0.4) is 0 Å². The fourth-order valence-electron chi connectivity index (χ4n) is 3.88. The van der Waals surface area contributed by atoms with Gasteiger partial charge < -0.3 is 5.32 Å². The van der Waals surface area contributed by atoms with Gasteiger partial charge in [0.15, 0.2) is 7.26 Å². The summed E-state index contributed by atoms with van der Waals surface area (Å²) in [7, 11) is -2.35. The van der Waals surface area contributed by atoms with Crippen LogP contribution in [-0.4, -0.2) is 0 Å². The molecule has 0 aromatic heterocycles. The lowest BCUT2D eigenvalue weighted by Crippen LogP contribution is -2.32. The predicted molar refractivity (Wildman–Crippen MR) is 132 cm³/mol. The van der Waals surface area contributed by atoms with Crippen LogP contribution in [0.15, 0.2) is 133 Å². The van der Waals surface area contributed by atoms with Crippen molar-refractivity contribution in [3.05, 3.63) is 138 Å². The van der Waals surface area contributed by atoms with E-state index in [1.807, 2.05) is 42.6 Å². The molecule has 0 bridgehead atoms. The van der Waals surface area contributed by atoms with E-state index in [0.29, 0.717) is 6.54 Å². The van der Waals surface area contributed by atoms with Gasteiger partial charge in [0.2, 0.25) is 5.31 Å². The van der Waals surface area contributed by atoms with Crippen LogP contribution < -0.4 is 21.2 Å². The third kappa shape index (κ3) is 4.29. The third-order valence-electron chi connectivity index (χ3n) is 5.29. The predicted octanol–water partition coefficient (Wildman–Crippen LogP) is 5.14. The Kier molecular flexibility index (Phi) is 6.58. The van der Waals surface area contributed by atoms with Gasteiger partial charge in [-0.25, -0.2) is 0 Å². The minimum absolute atomic E-state index is 0.671. The van der Waals surface area contributed by atoms with Gasteiger partial charge in [-0.2, -0.15) is 5.26 Å². The average Bonchev–Trinajstić information content (AvgIpc) is 2.86. The van der Waals surface area contributed by atoms with Gasteiger partial charge in [-0.15, -0.1) is 0 Å². The van der Waals surface area contributed by atoms with Gasteiger partial charge in [0.1, 0.15) is 22.0 Å². The Morgan fingerprint density at radius 1 is 0.645 bits per heavy atom. The molecule has 0 saturated heterocycles. The first-order valence-corrected chi connectivity index (χ1v) is 12.1. The van der Waals surface area contributed by atoms with Gasteiger partial charge >= 0.3 is 0 Å². The van der Waals surface area contributed by atoms with Gasteiger partial charge in [-0.3, -0.25) is 0 Å². The van der Waals surface area contributed by atoms with Gasteiger partial charge in [-0.05, 0) is 42.0 Å². The first-order valence-electron chi connectivity index (χ1n) is 10.3. The van der Waals surface area contributed by atoms with Crippen LogP contribution in [0.1, 0.15) is 5.56 Å². The summed E-state index contributed by atoms with van der Waals surface area (Å²) in [6.07, 6.45) is 1.92. The molecule has 0 amide bonds. The Morgan fingerprint density at radius 2 is 1.03 bits per heavy atom. The number of benzene rings is 4. The molecule has 0 aliphatic carbocycles. The SMILES string of the molecule is N#C/C(=C/NCc1ccccc1)[P+](c1ccccc1)(c1ccccc1)c1ccccc1. The Balaban J connectivity index is 1.90. The molecule has 2 nitrogen and oxygen atoms in total. The summed E-state index contributed by atoms with van der Waals surface area (Å²) >= 11 is 0. The summed E-state index contributed by atoms with van der Waals surface area (Å²) < 4.78 is 0. The second-order valence-electron chi connectivity index (χ2n) is 7.19. The van der Waals surface area contributed by atoms with Crippen molar-refractivity contribution < 1.29 is 0 Å². The van der Waals surface area contributed by atoms with E-state index in [2.05, 4.69) is 96.3 Å².